The van der Waals surface area contributed by atoms with E-state index < -0.39 is 0 Å². The van der Waals surface area contributed by atoms with Crippen molar-refractivity contribution < 1.29 is 9.57 Å². The zero-order valence-electron chi connectivity index (χ0n) is 10.5. The normalized spacial score (nSPS) is 11.2. The van der Waals surface area contributed by atoms with Gasteiger partial charge >= 0.3 is 0 Å². The smallest absolute Gasteiger partial charge is 0.152 e. The molecule has 0 bridgehead atoms. The fourth-order valence-electron chi connectivity index (χ4n) is 1.52. The van der Waals surface area contributed by atoms with E-state index in [0.29, 0.717) is 11.2 Å². The molecule has 0 radical (unpaired) electrons. The number of ether oxygens (including phenoxy) is 1. The van der Waals surface area contributed by atoms with Crippen molar-refractivity contribution in [2.45, 2.75) is 6.61 Å². The number of oxime groups is 1. The Labute approximate surface area is 121 Å². The Morgan fingerprint density at radius 1 is 1.05 bits per heavy atom. The van der Waals surface area contributed by atoms with Crippen LogP contribution < -0.4 is 4.74 Å². The highest BCUT2D eigenvalue weighted by atomic mass is 79.9. The van der Waals surface area contributed by atoms with Crippen molar-refractivity contribution in [2.24, 2.45) is 5.16 Å². The highest BCUT2D eigenvalue weighted by molar-refractivity contribution is 9.18. The molecule has 0 atom stereocenters. The fourth-order valence-corrected chi connectivity index (χ4v) is 1.89. The van der Waals surface area contributed by atoms with E-state index in [2.05, 4.69) is 21.1 Å². The van der Waals surface area contributed by atoms with Crippen LogP contribution >= 0.6 is 15.9 Å². The van der Waals surface area contributed by atoms with Crippen molar-refractivity contribution in [1.82, 2.24) is 0 Å². The van der Waals surface area contributed by atoms with E-state index in [1.807, 2.05) is 54.6 Å². The Bertz CT molecular complexity index is 538. The number of rotatable bonds is 5. The minimum atomic E-state index is 0.450. The average molecular weight is 320 g/mol. The third-order valence-electron chi connectivity index (χ3n) is 2.55. The average Bonchev–Trinajstić information content (AvgIpc) is 2.48. The van der Waals surface area contributed by atoms with Gasteiger partial charge in [-0.2, -0.15) is 0 Å². The van der Waals surface area contributed by atoms with Crippen LogP contribution in [0.1, 0.15) is 11.1 Å². The highest BCUT2D eigenvalue weighted by Gasteiger charge is 2.00. The monoisotopic (exact) mass is 319 g/mol. The van der Waals surface area contributed by atoms with Gasteiger partial charge < -0.3 is 9.57 Å². The van der Waals surface area contributed by atoms with Gasteiger partial charge in [0.2, 0.25) is 0 Å². The highest BCUT2D eigenvalue weighted by Crippen LogP contribution is 2.14. The maximum absolute atomic E-state index is 5.30. The maximum Gasteiger partial charge on any atom is 0.152 e. The molecule has 2 rings (SSSR count). The van der Waals surface area contributed by atoms with Crippen LogP contribution in [0.3, 0.4) is 0 Å². The fraction of sp³-hybridized carbons (Fsp3) is 0.133. The SMILES string of the molecule is COc1ccc(/C(Br)=N/OCc2ccccc2)cc1. The van der Waals surface area contributed by atoms with Crippen LogP contribution in [0.4, 0.5) is 0 Å². The first-order valence-corrected chi connectivity index (χ1v) is 6.62. The Kier molecular flexibility index (Phi) is 4.98. The third-order valence-corrected chi connectivity index (χ3v) is 3.15. The summed E-state index contributed by atoms with van der Waals surface area (Å²) in [7, 11) is 1.64. The predicted molar refractivity (Wildman–Crippen MR) is 79.7 cm³/mol. The van der Waals surface area contributed by atoms with Gasteiger partial charge in [0.1, 0.15) is 12.4 Å². The minimum Gasteiger partial charge on any atom is -0.497 e. The van der Waals surface area contributed by atoms with Gasteiger partial charge in [-0.15, -0.1) is 0 Å². The lowest BCUT2D eigenvalue weighted by Crippen LogP contribution is -1.94. The van der Waals surface area contributed by atoms with Crippen molar-refractivity contribution in [3.63, 3.8) is 0 Å². The van der Waals surface area contributed by atoms with Gasteiger partial charge in [0.05, 0.1) is 7.11 Å². The van der Waals surface area contributed by atoms with Gasteiger partial charge in [0.25, 0.3) is 0 Å². The van der Waals surface area contributed by atoms with E-state index in [-0.39, 0.29) is 0 Å². The lowest BCUT2D eigenvalue weighted by Gasteiger charge is -2.03. The molecule has 2 aromatic rings. The number of hydrogen-bond acceptors (Lipinski definition) is 3. The van der Waals surface area contributed by atoms with E-state index in [4.69, 9.17) is 9.57 Å². The van der Waals surface area contributed by atoms with Crippen molar-refractivity contribution in [3.8, 4) is 5.75 Å². The first-order chi connectivity index (χ1) is 9.29. The molecule has 0 aliphatic rings. The summed E-state index contributed by atoms with van der Waals surface area (Å²) in [6.07, 6.45) is 0. The molecule has 0 saturated carbocycles. The van der Waals surface area contributed by atoms with Crippen LogP contribution in [-0.2, 0) is 11.4 Å². The van der Waals surface area contributed by atoms with Crippen LogP contribution in [0.5, 0.6) is 5.75 Å². The van der Waals surface area contributed by atoms with Gasteiger partial charge in [-0.1, -0.05) is 35.5 Å². The summed E-state index contributed by atoms with van der Waals surface area (Å²) in [4.78, 5) is 5.30. The second kappa shape index (κ2) is 6.95. The van der Waals surface area contributed by atoms with E-state index in [9.17, 15) is 0 Å². The molecule has 4 heteroatoms. The van der Waals surface area contributed by atoms with Crippen LogP contribution in [0.2, 0.25) is 0 Å². The third kappa shape index (κ3) is 4.10. The van der Waals surface area contributed by atoms with E-state index in [1.54, 1.807) is 7.11 Å². The number of hydrogen-bond donors (Lipinski definition) is 0. The molecule has 98 valence electrons. The van der Waals surface area contributed by atoms with E-state index in [0.717, 1.165) is 16.9 Å². The Morgan fingerprint density at radius 2 is 1.74 bits per heavy atom. The number of nitrogens with zero attached hydrogens (tertiary/aromatic N) is 1. The molecule has 0 aliphatic carbocycles. The summed E-state index contributed by atoms with van der Waals surface area (Å²) in [6, 6.07) is 17.5. The lowest BCUT2D eigenvalue weighted by molar-refractivity contribution is 0.131. The Hall–Kier alpha value is -1.81. The summed E-state index contributed by atoms with van der Waals surface area (Å²) in [6.45, 7) is 0.450. The number of benzene rings is 2. The molecule has 0 fully saturated rings. The van der Waals surface area contributed by atoms with Gasteiger partial charge in [-0.3, -0.25) is 0 Å². The minimum absolute atomic E-state index is 0.450. The lowest BCUT2D eigenvalue weighted by atomic mass is 10.2. The van der Waals surface area contributed by atoms with Gasteiger partial charge in [0, 0.05) is 5.56 Å². The summed E-state index contributed by atoms with van der Waals surface area (Å²) >= 11 is 3.39. The molecular formula is C15H14BrNO2. The van der Waals surface area contributed by atoms with Crippen LogP contribution in [-0.4, -0.2) is 11.7 Å². The second-order valence-corrected chi connectivity index (χ2v) is 4.62. The molecule has 0 aliphatic heterocycles. The van der Waals surface area contributed by atoms with Crippen molar-refractivity contribution in [2.75, 3.05) is 7.11 Å². The zero-order valence-corrected chi connectivity index (χ0v) is 12.1. The molecule has 2 aromatic carbocycles. The molecule has 0 saturated heterocycles. The molecule has 0 spiro atoms. The standard InChI is InChI=1S/C15H14BrNO2/c1-18-14-9-7-13(8-10-14)15(16)17-19-11-12-5-3-2-4-6-12/h2-10H,11H2,1H3/b17-15-. The molecule has 19 heavy (non-hydrogen) atoms. The zero-order chi connectivity index (χ0) is 13.5. The number of halogens is 1. The van der Waals surface area contributed by atoms with Crippen molar-refractivity contribution in [3.05, 3.63) is 65.7 Å². The molecular weight excluding hydrogens is 306 g/mol. The second-order valence-electron chi connectivity index (χ2n) is 3.87. The molecule has 0 unspecified atom stereocenters. The van der Waals surface area contributed by atoms with E-state index in [1.165, 1.54) is 0 Å². The number of methoxy groups -OCH3 is 1. The van der Waals surface area contributed by atoms with Crippen molar-refractivity contribution in [1.29, 1.82) is 0 Å². The van der Waals surface area contributed by atoms with Gasteiger partial charge in [0.15, 0.2) is 4.62 Å². The van der Waals surface area contributed by atoms with Crippen molar-refractivity contribution >= 4 is 20.6 Å². The van der Waals surface area contributed by atoms with Crippen LogP contribution in [0.25, 0.3) is 0 Å². The maximum atomic E-state index is 5.30. The molecule has 3 nitrogen and oxygen atoms in total. The van der Waals surface area contributed by atoms with E-state index >= 15 is 0 Å². The quantitative estimate of drug-likeness (QED) is 0.616. The van der Waals surface area contributed by atoms with Gasteiger partial charge in [-0.25, -0.2) is 0 Å². The largest absolute Gasteiger partial charge is 0.497 e. The van der Waals surface area contributed by atoms with Crippen LogP contribution in [0, 0.1) is 0 Å². The summed E-state index contributed by atoms with van der Waals surface area (Å²) < 4.78 is 5.76. The first kappa shape index (κ1) is 13.6. The summed E-state index contributed by atoms with van der Waals surface area (Å²) in [5.41, 5.74) is 2.02. The molecule has 0 amide bonds. The van der Waals surface area contributed by atoms with Gasteiger partial charge in [-0.05, 0) is 45.8 Å². The molecule has 0 aromatic heterocycles. The Morgan fingerprint density at radius 3 is 2.37 bits per heavy atom. The molecule has 0 heterocycles. The predicted octanol–water partition coefficient (Wildman–Crippen LogP) is 3.97. The summed E-state index contributed by atoms with van der Waals surface area (Å²) in [5.74, 6) is 0.814. The Balaban J connectivity index is 1.94. The van der Waals surface area contributed by atoms with Crippen LogP contribution in [0.15, 0.2) is 59.8 Å². The molecule has 0 N–H and O–H groups in total. The first-order valence-electron chi connectivity index (χ1n) is 5.83. The summed E-state index contributed by atoms with van der Waals surface area (Å²) in [5, 5.41) is 4.04. The topological polar surface area (TPSA) is 30.8 Å².